The van der Waals surface area contributed by atoms with Gasteiger partial charge >= 0.3 is 0 Å². The fourth-order valence-corrected chi connectivity index (χ4v) is 4.48. The minimum atomic E-state index is -0.330. The first-order chi connectivity index (χ1) is 16.4. The number of aromatic nitrogens is 8. The van der Waals surface area contributed by atoms with E-state index in [4.69, 9.17) is 0 Å². The molecular formula is C24H21FN8S. The van der Waals surface area contributed by atoms with Crippen LogP contribution in [0, 0.1) is 12.7 Å². The number of hydrogen-bond donors (Lipinski definition) is 0. The van der Waals surface area contributed by atoms with E-state index in [-0.39, 0.29) is 5.82 Å². The highest BCUT2D eigenvalue weighted by Gasteiger charge is 2.15. The average Bonchev–Trinajstić information content (AvgIpc) is 3.54. The van der Waals surface area contributed by atoms with Gasteiger partial charge in [0.2, 0.25) is 0 Å². The highest BCUT2D eigenvalue weighted by molar-refractivity contribution is 7.99. The van der Waals surface area contributed by atoms with E-state index in [1.807, 2.05) is 43.1 Å². The molecule has 170 valence electrons. The van der Waals surface area contributed by atoms with Crippen molar-refractivity contribution in [2.24, 2.45) is 14.1 Å². The van der Waals surface area contributed by atoms with E-state index in [1.54, 1.807) is 53.3 Å². The molecule has 0 saturated heterocycles. The molecular weight excluding hydrogens is 451 g/mol. The molecule has 0 fully saturated rings. The van der Waals surface area contributed by atoms with Crippen LogP contribution in [0.3, 0.4) is 0 Å². The summed E-state index contributed by atoms with van der Waals surface area (Å²) < 4.78 is 20.7. The summed E-state index contributed by atoms with van der Waals surface area (Å²) in [6.45, 7) is 5.80. The van der Waals surface area contributed by atoms with Crippen molar-refractivity contribution in [3.63, 3.8) is 0 Å². The number of halogens is 1. The molecule has 4 heterocycles. The van der Waals surface area contributed by atoms with Gasteiger partial charge in [0.1, 0.15) is 11.6 Å². The molecule has 0 spiro atoms. The zero-order valence-electron chi connectivity index (χ0n) is 18.8. The molecule has 0 N–H and O–H groups in total. The molecule has 8 nitrogen and oxygen atoms in total. The number of benzene rings is 1. The predicted molar refractivity (Wildman–Crippen MR) is 130 cm³/mol. The molecule has 4 aromatic heterocycles. The molecule has 0 radical (unpaired) electrons. The number of aryl methyl sites for hydroxylation is 3. The second-order valence-corrected chi connectivity index (χ2v) is 8.80. The first kappa shape index (κ1) is 21.8. The Morgan fingerprint density at radius 3 is 2.56 bits per heavy atom. The first-order valence-electron chi connectivity index (χ1n) is 10.4. The molecule has 0 atom stereocenters. The van der Waals surface area contributed by atoms with Crippen molar-refractivity contribution in [1.82, 2.24) is 39.3 Å². The van der Waals surface area contributed by atoms with Crippen LogP contribution in [-0.4, -0.2) is 39.3 Å². The monoisotopic (exact) mass is 472 g/mol. The third-order valence-electron chi connectivity index (χ3n) is 5.36. The zero-order chi connectivity index (χ0) is 23.8. The van der Waals surface area contributed by atoms with E-state index in [1.165, 1.54) is 11.8 Å². The molecule has 0 aliphatic rings. The quantitative estimate of drug-likeness (QED) is 0.332. The van der Waals surface area contributed by atoms with E-state index in [0.29, 0.717) is 27.2 Å². The van der Waals surface area contributed by atoms with Crippen LogP contribution in [0.1, 0.15) is 11.4 Å². The van der Waals surface area contributed by atoms with Crippen LogP contribution in [0.2, 0.25) is 0 Å². The highest BCUT2D eigenvalue weighted by atomic mass is 32.2. The van der Waals surface area contributed by atoms with Gasteiger partial charge in [0.05, 0.1) is 17.9 Å². The van der Waals surface area contributed by atoms with Crippen molar-refractivity contribution in [3.8, 4) is 11.1 Å². The minimum Gasteiger partial charge on any atom is -0.280 e. The Hall–Kier alpha value is -4.05. The van der Waals surface area contributed by atoms with E-state index < -0.39 is 0 Å². The molecule has 10 heteroatoms. The lowest BCUT2D eigenvalue weighted by molar-refractivity contribution is 0.641. The standard InChI is InChI=1S/C24H21FN8S/c1-5-16(17-9-27-31(3)12-17)14-33-15(2)29-30-24(33)34-19-6-7-22-20(8-19)23(25)21(11-26-22)18-10-28-32(4)13-18/h5-14H,1H2,2-4H3/b16-14+. The maximum Gasteiger partial charge on any atom is 0.200 e. The fourth-order valence-electron chi connectivity index (χ4n) is 3.59. The van der Waals surface area contributed by atoms with E-state index in [0.717, 1.165) is 21.9 Å². The Kier molecular flexibility index (Phi) is 5.58. The SMILES string of the molecule is C=C/C(=C\n1c(C)nnc1Sc1ccc2ncc(-c3cnn(C)c3)c(F)c2c1)c1cnn(C)c1. The molecule has 0 aliphatic heterocycles. The van der Waals surface area contributed by atoms with Gasteiger partial charge in [-0.25, -0.2) is 4.39 Å². The van der Waals surface area contributed by atoms with Gasteiger partial charge in [-0.05, 0) is 36.9 Å². The van der Waals surface area contributed by atoms with E-state index in [2.05, 4.69) is 32.0 Å². The summed E-state index contributed by atoms with van der Waals surface area (Å²) in [4.78, 5) is 5.26. The third kappa shape index (κ3) is 4.03. The van der Waals surface area contributed by atoms with Crippen molar-refractivity contribution in [1.29, 1.82) is 0 Å². The van der Waals surface area contributed by atoms with E-state index >= 15 is 4.39 Å². The van der Waals surface area contributed by atoms with Gasteiger partial charge in [-0.2, -0.15) is 10.2 Å². The van der Waals surface area contributed by atoms with Gasteiger partial charge in [0.15, 0.2) is 5.16 Å². The number of allylic oxidation sites excluding steroid dienone is 2. The lowest BCUT2D eigenvalue weighted by Gasteiger charge is -2.08. The van der Waals surface area contributed by atoms with Crippen LogP contribution in [-0.2, 0) is 14.1 Å². The molecule has 1 aromatic carbocycles. The number of pyridine rings is 1. The summed E-state index contributed by atoms with van der Waals surface area (Å²) in [7, 11) is 3.66. The summed E-state index contributed by atoms with van der Waals surface area (Å²) in [5.74, 6) is 0.391. The lowest BCUT2D eigenvalue weighted by atomic mass is 10.1. The maximum atomic E-state index is 15.4. The van der Waals surface area contributed by atoms with Gasteiger partial charge < -0.3 is 0 Å². The van der Waals surface area contributed by atoms with Crippen molar-refractivity contribution >= 4 is 34.4 Å². The van der Waals surface area contributed by atoms with Crippen molar-refractivity contribution < 1.29 is 4.39 Å². The molecule has 0 bridgehead atoms. The molecule has 0 aliphatic carbocycles. The Morgan fingerprint density at radius 1 is 1.06 bits per heavy atom. The Labute approximate surface area is 199 Å². The number of fused-ring (bicyclic) bond motifs is 1. The van der Waals surface area contributed by atoms with Crippen molar-refractivity contribution in [2.45, 2.75) is 17.0 Å². The van der Waals surface area contributed by atoms with Gasteiger partial charge in [-0.1, -0.05) is 12.7 Å². The molecule has 5 aromatic rings. The van der Waals surface area contributed by atoms with Crippen LogP contribution in [0.15, 0.2) is 71.9 Å². The zero-order valence-corrected chi connectivity index (χ0v) is 19.7. The Balaban J connectivity index is 1.52. The highest BCUT2D eigenvalue weighted by Crippen LogP contribution is 2.33. The average molecular weight is 473 g/mol. The summed E-state index contributed by atoms with van der Waals surface area (Å²) in [6.07, 6.45) is 12.3. The first-order valence-corrected chi connectivity index (χ1v) is 11.2. The fraction of sp³-hybridized carbons (Fsp3) is 0.125. The second kappa shape index (κ2) is 8.71. The van der Waals surface area contributed by atoms with E-state index in [9.17, 15) is 0 Å². The van der Waals surface area contributed by atoms with Crippen molar-refractivity contribution in [2.75, 3.05) is 0 Å². The van der Waals surface area contributed by atoms with Crippen LogP contribution < -0.4 is 0 Å². The maximum absolute atomic E-state index is 15.4. The number of rotatable bonds is 6. The van der Waals surface area contributed by atoms with Crippen LogP contribution in [0.25, 0.3) is 33.8 Å². The lowest BCUT2D eigenvalue weighted by Crippen LogP contribution is -1.95. The summed E-state index contributed by atoms with van der Waals surface area (Å²) in [5.41, 5.74) is 3.49. The van der Waals surface area contributed by atoms with Gasteiger partial charge in [0.25, 0.3) is 0 Å². The smallest absolute Gasteiger partial charge is 0.200 e. The number of hydrogen-bond acceptors (Lipinski definition) is 6. The molecule has 0 unspecified atom stereocenters. The van der Waals surface area contributed by atoms with Crippen molar-refractivity contribution in [3.05, 3.63) is 79.0 Å². The summed E-state index contributed by atoms with van der Waals surface area (Å²) in [5, 5.41) is 18.0. The van der Waals surface area contributed by atoms with Gasteiger partial charge in [-0.15, -0.1) is 10.2 Å². The number of nitrogens with zero attached hydrogens (tertiary/aromatic N) is 8. The molecule has 5 rings (SSSR count). The third-order valence-corrected chi connectivity index (χ3v) is 6.31. The van der Waals surface area contributed by atoms with Gasteiger partial charge in [-0.3, -0.25) is 18.9 Å². The summed E-state index contributed by atoms with van der Waals surface area (Å²) in [6, 6.07) is 5.49. The van der Waals surface area contributed by atoms with Gasteiger partial charge in [0, 0.05) is 71.4 Å². The van der Waals surface area contributed by atoms with Crippen LogP contribution in [0.5, 0.6) is 0 Å². The topological polar surface area (TPSA) is 79.2 Å². The summed E-state index contributed by atoms with van der Waals surface area (Å²) >= 11 is 1.40. The van der Waals surface area contributed by atoms with Crippen LogP contribution in [0.4, 0.5) is 4.39 Å². The second-order valence-electron chi connectivity index (χ2n) is 7.76. The Bertz CT molecular complexity index is 1560. The molecule has 0 amide bonds. The Morgan fingerprint density at radius 2 is 1.85 bits per heavy atom. The normalized spacial score (nSPS) is 11.9. The molecule has 0 saturated carbocycles. The van der Waals surface area contributed by atoms with Crippen LogP contribution >= 0.6 is 11.8 Å². The minimum absolute atomic E-state index is 0.330. The predicted octanol–water partition coefficient (Wildman–Crippen LogP) is 4.74. The molecule has 34 heavy (non-hydrogen) atoms. The largest absolute Gasteiger partial charge is 0.280 e.